The summed E-state index contributed by atoms with van der Waals surface area (Å²) >= 11 is 1.59. The molecule has 0 spiro atoms. The number of ether oxygens (including phenoxy) is 2. The second-order valence-corrected chi connectivity index (χ2v) is 10.8. The molecule has 10 nitrogen and oxygen atoms in total. The van der Waals surface area contributed by atoms with Crippen LogP contribution in [0.5, 0.6) is 0 Å². The van der Waals surface area contributed by atoms with Crippen molar-refractivity contribution in [3.05, 3.63) is 71.5 Å². The molecule has 0 bridgehead atoms. The van der Waals surface area contributed by atoms with Crippen molar-refractivity contribution < 1.29 is 24.2 Å². The molecule has 214 valence electrons. The van der Waals surface area contributed by atoms with E-state index in [1.807, 2.05) is 60.1 Å². The zero-order chi connectivity index (χ0) is 28.3. The molecule has 1 fully saturated rings. The lowest BCUT2D eigenvalue weighted by Crippen LogP contribution is -2.31. The normalized spacial score (nSPS) is 18.8. The molecule has 11 heteroatoms. The highest BCUT2D eigenvalue weighted by Crippen LogP contribution is 2.39. The Balaban J connectivity index is 1.35. The first-order chi connectivity index (χ1) is 19.4. The Morgan fingerprint density at radius 1 is 1.05 bits per heavy atom. The molecule has 0 aliphatic carbocycles. The number of thioether (sulfide) groups is 1. The van der Waals surface area contributed by atoms with Crippen molar-refractivity contribution in [1.82, 2.24) is 20.1 Å². The van der Waals surface area contributed by atoms with Crippen molar-refractivity contribution in [3.8, 4) is 0 Å². The van der Waals surface area contributed by atoms with E-state index in [0.29, 0.717) is 30.8 Å². The van der Waals surface area contributed by atoms with E-state index in [9.17, 15) is 14.7 Å². The predicted octanol–water partition coefficient (Wildman–Crippen LogP) is 4.28. The van der Waals surface area contributed by atoms with Crippen molar-refractivity contribution >= 4 is 29.3 Å². The molecule has 0 saturated carbocycles. The van der Waals surface area contributed by atoms with Crippen LogP contribution in [0.4, 0.5) is 5.69 Å². The summed E-state index contributed by atoms with van der Waals surface area (Å²) in [5, 5.41) is 24.1. The maximum Gasteiger partial charge on any atom is 0.224 e. The summed E-state index contributed by atoms with van der Waals surface area (Å²) in [6, 6.07) is 15.4. The van der Waals surface area contributed by atoms with E-state index in [0.717, 1.165) is 41.1 Å². The number of hydrogen-bond donors (Lipinski definition) is 3. The summed E-state index contributed by atoms with van der Waals surface area (Å²) in [5.41, 5.74) is 3.46. The van der Waals surface area contributed by atoms with Gasteiger partial charge >= 0.3 is 0 Å². The monoisotopic (exact) mass is 567 g/mol. The molecule has 40 heavy (non-hydrogen) atoms. The molecule has 0 radical (unpaired) electrons. The Kier molecular flexibility index (Phi) is 11.1. The minimum absolute atomic E-state index is 0.00397. The number of aryl methyl sites for hydroxylation is 1. The third-order valence-corrected chi connectivity index (χ3v) is 7.77. The molecule has 3 aromatic rings. The first kappa shape index (κ1) is 29.7. The van der Waals surface area contributed by atoms with Gasteiger partial charge in [0.05, 0.1) is 18.8 Å². The minimum atomic E-state index is -0.574. The van der Waals surface area contributed by atoms with Gasteiger partial charge in [0, 0.05) is 50.4 Å². The number of aromatic nitrogens is 3. The molecule has 2 aromatic carbocycles. The van der Waals surface area contributed by atoms with Gasteiger partial charge < -0.3 is 29.8 Å². The summed E-state index contributed by atoms with van der Waals surface area (Å²) in [7, 11) is 1.91. The number of unbranched alkanes of at least 4 members (excludes halogenated alkanes) is 2. The lowest BCUT2D eigenvalue weighted by atomic mass is 10.0. The highest BCUT2D eigenvalue weighted by atomic mass is 32.2. The number of aliphatic hydroxyl groups excluding tert-OH is 1. The van der Waals surface area contributed by atoms with E-state index in [1.54, 1.807) is 18.1 Å². The van der Waals surface area contributed by atoms with Crippen molar-refractivity contribution in [1.29, 1.82) is 0 Å². The zero-order valence-corrected chi connectivity index (χ0v) is 23.7. The van der Waals surface area contributed by atoms with E-state index in [-0.39, 0.29) is 30.6 Å². The van der Waals surface area contributed by atoms with E-state index in [1.165, 1.54) is 6.92 Å². The molecular weight excluding hydrogens is 530 g/mol. The van der Waals surface area contributed by atoms with Gasteiger partial charge in [0.2, 0.25) is 11.8 Å². The van der Waals surface area contributed by atoms with E-state index in [4.69, 9.17) is 9.47 Å². The number of amides is 2. The van der Waals surface area contributed by atoms with Gasteiger partial charge in [0.1, 0.15) is 6.33 Å². The summed E-state index contributed by atoms with van der Waals surface area (Å²) in [4.78, 5) is 23.3. The summed E-state index contributed by atoms with van der Waals surface area (Å²) in [6.07, 6.45) is 4.44. The molecule has 1 aromatic heterocycles. The fourth-order valence-electron chi connectivity index (χ4n) is 4.39. The van der Waals surface area contributed by atoms with Crippen LogP contribution in [-0.2, 0) is 32.7 Å². The number of nitrogens with zero attached hydrogens (tertiary/aromatic N) is 3. The van der Waals surface area contributed by atoms with Crippen molar-refractivity contribution in [2.75, 3.05) is 17.6 Å². The quantitative estimate of drug-likeness (QED) is 0.206. The van der Waals surface area contributed by atoms with Gasteiger partial charge in [-0.1, -0.05) is 54.6 Å². The topological polar surface area (TPSA) is 128 Å². The fraction of sp³-hybridized carbons (Fsp3) is 0.448. The van der Waals surface area contributed by atoms with Crippen LogP contribution >= 0.6 is 11.8 Å². The molecular formula is C29H37N5O5S. The van der Waals surface area contributed by atoms with E-state index >= 15 is 0 Å². The second-order valence-electron chi connectivity index (χ2n) is 9.85. The summed E-state index contributed by atoms with van der Waals surface area (Å²) < 4.78 is 14.7. The van der Waals surface area contributed by atoms with Crippen molar-refractivity contribution in [2.45, 2.75) is 69.3 Å². The Morgan fingerprint density at radius 3 is 2.48 bits per heavy atom. The number of aliphatic hydroxyl groups is 1. The smallest absolute Gasteiger partial charge is 0.224 e. The summed E-state index contributed by atoms with van der Waals surface area (Å²) in [6.45, 7) is 2.13. The Bertz CT molecular complexity index is 1230. The average Bonchev–Trinajstić information content (AvgIpc) is 3.38. The number of rotatable bonds is 13. The SMILES string of the molecule is CC(=O)NCCCCCC(=O)Nc1ccc([C@H]2O[C@@H](CSc3nncn3C)C[C@@H](c3ccc(CO)cc3)O2)cc1. The molecule has 4 rings (SSSR count). The van der Waals surface area contributed by atoms with Gasteiger partial charge in [0.15, 0.2) is 11.4 Å². The van der Waals surface area contributed by atoms with Crippen LogP contribution in [0.3, 0.4) is 0 Å². The Morgan fingerprint density at radius 2 is 1.80 bits per heavy atom. The minimum Gasteiger partial charge on any atom is -0.392 e. The van der Waals surface area contributed by atoms with Gasteiger partial charge in [-0.25, -0.2) is 0 Å². The Hall–Kier alpha value is -3.25. The molecule has 2 heterocycles. The van der Waals surface area contributed by atoms with Gasteiger partial charge in [-0.3, -0.25) is 9.59 Å². The highest BCUT2D eigenvalue weighted by Gasteiger charge is 2.32. The third kappa shape index (κ3) is 8.88. The number of carbonyl (C=O) groups excluding carboxylic acids is 2. The van der Waals surface area contributed by atoms with Crippen molar-refractivity contribution in [2.24, 2.45) is 7.05 Å². The molecule has 1 aliphatic heterocycles. The standard InChI is InChI=1S/C29H37N5O5S/c1-20(36)30-15-5-3-4-6-27(37)32-24-13-11-23(12-14-24)28-38-25(18-40-29-33-31-19-34(29)2)16-26(39-28)22-9-7-21(17-35)8-10-22/h7-14,19,25-26,28,35H,3-6,15-18H2,1-2H3,(H,30,36)(H,32,37)/t25-,26+,28+/m1/s1. The van der Waals surface area contributed by atoms with Crippen LogP contribution in [0, 0.1) is 0 Å². The zero-order valence-electron chi connectivity index (χ0n) is 22.9. The van der Waals surface area contributed by atoms with Crippen LogP contribution in [0.2, 0.25) is 0 Å². The van der Waals surface area contributed by atoms with Gasteiger partial charge in [-0.05, 0) is 36.1 Å². The van der Waals surface area contributed by atoms with E-state index in [2.05, 4.69) is 20.8 Å². The van der Waals surface area contributed by atoms with Gasteiger partial charge in [-0.2, -0.15) is 0 Å². The first-order valence-corrected chi connectivity index (χ1v) is 14.5. The van der Waals surface area contributed by atoms with Crippen LogP contribution < -0.4 is 10.6 Å². The third-order valence-electron chi connectivity index (χ3n) is 6.60. The second kappa shape index (κ2) is 14.9. The number of benzene rings is 2. The number of hydrogen-bond acceptors (Lipinski definition) is 8. The van der Waals surface area contributed by atoms with E-state index < -0.39 is 6.29 Å². The van der Waals surface area contributed by atoms with Crippen LogP contribution in [0.1, 0.15) is 68.1 Å². The molecule has 0 unspecified atom stereocenters. The lowest BCUT2D eigenvalue weighted by Gasteiger charge is -2.36. The van der Waals surface area contributed by atoms with Crippen LogP contribution in [0.25, 0.3) is 0 Å². The van der Waals surface area contributed by atoms with Crippen LogP contribution in [-0.4, -0.2) is 50.1 Å². The fourth-order valence-corrected chi connectivity index (χ4v) is 5.30. The Labute approximate surface area is 238 Å². The lowest BCUT2D eigenvalue weighted by molar-refractivity contribution is -0.245. The number of nitrogens with one attached hydrogen (secondary N) is 2. The highest BCUT2D eigenvalue weighted by molar-refractivity contribution is 7.99. The molecule has 2 amide bonds. The molecule has 3 atom stereocenters. The molecule has 1 aliphatic rings. The molecule has 3 N–H and O–H groups in total. The maximum absolute atomic E-state index is 12.4. The number of anilines is 1. The average molecular weight is 568 g/mol. The predicted molar refractivity (Wildman–Crippen MR) is 152 cm³/mol. The first-order valence-electron chi connectivity index (χ1n) is 13.5. The molecule has 1 saturated heterocycles. The largest absolute Gasteiger partial charge is 0.392 e. The maximum atomic E-state index is 12.4. The van der Waals surface area contributed by atoms with Gasteiger partial charge in [0.25, 0.3) is 0 Å². The van der Waals surface area contributed by atoms with Crippen molar-refractivity contribution in [3.63, 3.8) is 0 Å². The van der Waals surface area contributed by atoms with Crippen LogP contribution in [0.15, 0.2) is 60.0 Å². The van der Waals surface area contributed by atoms with Gasteiger partial charge in [-0.15, -0.1) is 10.2 Å². The summed E-state index contributed by atoms with van der Waals surface area (Å²) in [5.74, 6) is 0.620. The number of carbonyl (C=O) groups is 2.